The summed E-state index contributed by atoms with van der Waals surface area (Å²) in [5.74, 6) is 0. The van der Waals surface area contributed by atoms with E-state index in [1.165, 1.54) is 0 Å². The average molecular weight is 309 g/mol. The van der Waals surface area contributed by atoms with Gasteiger partial charge in [-0.25, -0.2) is 0 Å². The Kier molecular flexibility index (Phi) is 4.27. The Hall–Kier alpha value is -1.06. The van der Waals surface area contributed by atoms with Crippen molar-refractivity contribution in [2.45, 2.75) is 18.8 Å². The topological polar surface area (TPSA) is 18.5 Å². The molecule has 1 aliphatic heterocycles. The second-order valence-electron chi connectivity index (χ2n) is 4.70. The molecule has 104 valence electrons. The van der Waals surface area contributed by atoms with Crippen molar-refractivity contribution in [3.63, 3.8) is 0 Å². The van der Waals surface area contributed by atoms with Crippen molar-refractivity contribution in [2.24, 2.45) is 0 Å². The first-order valence-electron chi connectivity index (χ1n) is 6.49. The Morgan fingerprint density at radius 3 is 2.40 bits per heavy atom. The summed E-state index contributed by atoms with van der Waals surface area (Å²) in [7, 11) is 0. The number of hydrogen-bond acceptors (Lipinski definition) is 2. The third-order valence-electron chi connectivity index (χ3n) is 3.35. The van der Waals surface area contributed by atoms with Gasteiger partial charge in [-0.2, -0.15) is 0 Å². The molecule has 1 saturated heterocycles. The van der Waals surface area contributed by atoms with Gasteiger partial charge in [0.25, 0.3) is 0 Å². The lowest BCUT2D eigenvalue weighted by Crippen LogP contribution is -2.12. The number of hydrogen-bond donors (Lipinski definition) is 0. The highest BCUT2D eigenvalue weighted by Crippen LogP contribution is 2.32. The van der Waals surface area contributed by atoms with E-state index in [-0.39, 0.29) is 12.4 Å². The zero-order valence-corrected chi connectivity index (χ0v) is 12.3. The molecule has 1 fully saturated rings. The minimum absolute atomic E-state index is 0.115. The molecule has 2 nitrogen and oxygen atoms in total. The molecule has 0 aliphatic carbocycles. The van der Waals surface area contributed by atoms with Crippen LogP contribution in [0.25, 0.3) is 0 Å². The Morgan fingerprint density at radius 1 is 0.950 bits per heavy atom. The van der Waals surface area contributed by atoms with Gasteiger partial charge in [-0.1, -0.05) is 59.6 Å². The van der Waals surface area contributed by atoms with E-state index in [0.717, 1.165) is 16.1 Å². The van der Waals surface area contributed by atoms with Crippen molar-refractivity contribution < 1.29 is 9.47 Å². The van der Waals surface area contributed by atoms with E-state index in [0.29, 0.717) is 18.1 Å². The molecule has 2 aromatic carbocycles. The van der Waals surface area contributed by atoms with Crippen LogP contribution in [0.1, 0.15) is 17.2 Å². The fraction of sp³-hybridized carbons (Fsp3) is 0.250. The molecule has 0 amide bonds. The molecule has 1 heterocycles. The molecule has 2 atom stereocenters. The molecule has 4 heteroatoms. The molecule has 3 rings (SSSR count). The van der Waals surface area contributed by atoms with Crippen LogP contribution in [0.15, 0.2) is 48.5 Å². The quantitative estimate of drug-likeness (QED) is 0.821. The van der Waals surface area contributed by atoms with Crippen LogP contribution in [0, 0.1) is 0 Å². The van der Waals surface area contributed by atoms with Crippen molar-refractivity contribution in [3.05, 3.63) is 69.7 Å². The van der Waals surface area contributed by atoms with Gasteiger partial charge in [0, 0.05) is 22.0 Å². The normalized spacial score (nSPS) is 22.1. The molecule has 0 bridgehead atoms. The largest absolute Gasteiger partial charge is 0.349 e. The van der Waals surface area contributed by atoms with Crippen LogP contribution in [0.2, 0.25) is 10.0 Å². The SMILES string of the molecule is Clc1ccccc1C[C@@H]1OC[C@H](c2ccccc2Cl)O1. The van der Waals surface area contributed by atoms with Gasteiger partial charge in [-0.15, -0.1) is 0 Å². The summed E-state index contributed by atoms with van der Waals surface area (Å²) in [6.45, 7) is 0.513. The molecule has 0 spiro atoms. The lowest BCUT2D eigenvalue weighted by atomic mass is 10.1. The maximum atomic E-state index is 6.18. The molecule has 20 heavy (non-hydrogen) atoms. The molecular weight excluding hydrogens is 295 g/mol. The van der Waals surface area contributed by atoms with Crippen molar-refractivity contribution in [1.82, 2.24) is 0 Å². The van der Waals surface area contributed by atoms with Crippen LogP contribution in [0.5, 0.6) is 0 Å². The highest BCUT2D eigenvalue weighted by Gasteiger charge is 2.28. The summed E-state index contributed by atoms with van der Waals surface area (Å²) in [5.41, 5.74) is 2.00. The maximum absolute atomic E-state index is 6.18. The van der Waals surface area contributed by atoms with Gasteiger partial charge in [0.05, 0.1) is 6.61 Å². The standard InChI is InChI=1S/C16H14Cl2O2/c17-13-7-3-1-5-11(13)9-16-19-10-15(20-16)12-6-2-4-8-14(12)18/h1-8,15-16H,9-10H2/t15-,16-/m1/s1. The maximum Gasteiger partial charge on any atom is 0.162 e. The third kappa shape index (κ3) is 2.99. The van der Waals surface area contributed by atoms with Crippen LogP contribution < -0.4 is 0 Å². The molecule has 0 radical (unpaired) electrons. The zero-order chi connectivity index (χ0) is 13.9. The van der Waals surface area contributed by atoms with E-state index >= 15 is 0 Å². The highest BCUT2D eigenvalue weighted by molar-refractivity contribution is 6.31. The predicted octanol–water partition coefficient (Wildman–Crippen LogP) is 4.65. The fourth-order valence-electron chi connectivity index (χ4n) is 2.31. The minimum atomic E-state index is -0.281. The van der Waals surface area contributed by atoms with Crippen LogP contribution in [0.4, 0.5) is 0 Å². The second kappa shape index (κ2) is 6.15. The first kappa shape index (κ1) is 13.9. The number of rotatable bonds is 3. The molecule has 2 aromatic rings. The summed E-state index contributed by atoms with van der Waals surface area (Å²) < 4.78 is 11.6. The Morgan fingerprint density at radius 2 is 1.65 bits per heavy atom. The van der Waals surface area contributed by atoms with Gasteiger partial charge in [0.1, 0.15) is 6.10 Å². The summed E-state index contributed by atoms with van der Waals surface area (Å²) >= 11 is 12.3. The van der Waals surface area contributed by atoms with Crippen molar-refractivity contribution in [2.75, 3.05) is 6.61 Å². The van der Waals surface area contributed by atoms with Gasteiger partial charge in [-0.05, 0) is 17.7 Å². The average Bonchev–Trinajstić information content (AvgIpc) is 2.90. The van der Waals surface area contributed by atoms with E-state index < -0.39 is 0 Å². The van der Waals surface area contributed by atoms with Crippen molar-refractivity contribution in [1.29, 1.82) is 0 Å². The number of benzene rings is 2. The van der Waals surface area contributed by atoms with E-state index in [4.69, 9.17) is 32.7 Å². The van der Waals surface area contributed by atoms with Crippen LogP contribution in [0.3, 0.4) is 0 Å². The monoisotopic (exact) mass is 308 g/mol. The van der Waals surface area contributed by atoms with E-state index in [1.807, 2.05) is 48.5 Å². The third-order valence-corrected chi connectivity index (χ3v) is 4.06. The lowest BCUT2D eigenvalue weighted by molar-refractivity contribution is -0.0563. The predicted molar refractivity (Wildman–Crippen MR) is 80.2 cm³/mol. The van der Waals surface area contributed by atoms with Crippen molar-refractivity contribution >= 4 is 23.2 Å². The Bertz CT molecular complexity index is 601. The molecular formula is C16H14Cl2O2. The fourth-order valence-corrected chi connectivity index (χ4v) is 2.78. The van der Waals surface area contributed by atoms with E-state index in [9.17, 15) is 0 Å². The van der Waals surface area contributed by atoms with E-state index in [2.05, 4.69) is 0 Å². The number of halogens is 2. The van der Waals surface area contributed by atoms with Gasteiger partial charge >= 0.3 is 0 Å². The first-order chi connectivity index (χ1) is 9.74. The van der Waals surface area contributed by atoms with Crippen LogP contribution >= 0.6 is 23.2 Å². The summed E-state index contributed by atoms with van der Waals surface area (Å²) in [6.07, 6.45) is 0.244. The Labute approximate surface area is 128 Å². The smallest absolute Gasteiger partial charge is 0.162 e. The summed E-state index contributed by atoms with van der Waals surface area (Å²) in [5, 5.41) is 1.44. The van der Waals surface area contributed by atoms with Gasteiger partial charge in [0.2, 0.25) is 0 Å². The highest BCUT2D eigenvalue weighted by atomic mass is 35.5. The van der Waals surface area contributed by atoms with Crippen molar-refractivity contribution in [3.8, 4) is 0 Å². The molecule has 0 aromatic heterocycles. The van der Waals surface area contributed by atoms with Crippen LogP contribution in [-0.2, 0) is 15.9 Å². The summed E-state index contributed by atoms with van der Waals surface area (Å²) in [4.78, 5) is 0. The summed E-state index contributed by atoms with van der Waals surface area (Å²) in [6, 6.07) is 15.4. The van der Waals surface area contributed by atoms with E-state index in [1.54, 1.807) is 0 Å². The molecule has 0 unspecified atom stereocenters. The minimum Gasteiger partial charge on any atom is -0.349 e. The Balaban J connectivity index is 1.69. The molecule has 1 aliphatic rings. The van der Waals surface area contributed by atoms with Gasteiger partial charge in [0.15, 0.2) is 6.29 Å². The zero-order valence-electron chi connectivity index (χ0n) is 10.8. The lowest BCUT2D eigenvalue weighted by Gasteiger charge is -2.13. The first-order valence-corrected chi connectivity index (χ1v) is 7.24. The second-order valence-corrected chi connectivity index (χ2v) is 5.52. The molecule has 0 saturated carbocycles. The number of ether oxygens (including phenoxy) is 2. The van der Waals surface area contributed by atoms with Crippen LogP contribution in [-0.4, -0.2) is 12.9 Å². The van der Waals surface area contributed by atoms with Gasteiger partial charge in [-0.3, -0.25) is 0 Å². The molecule has 0 N–H and O–H groups in total. The van der Waals surface area contributed by atoms with Gasteiger partial charge < -0.3 is 9.47 Å².